The molecule has 5 heteroatoms. The van der Waals surface area contributed by atoms with Crippen molar-refractivity contribution in [3.63, 3.8) is 0 Å². The van der Waals surface area contributed by atoms with Crippen LogP contribution in [0.15, 0.2) is 28.7 Å². The third kappa shape index (κ3) is 4.59. The van der Waals surface area contributed by atoms with Gasteiger partial charge in [0.25, 0.3) is 0 Å². The summed E-state index contributed by atoms with van der Waals surface area (Å²) in [5.41, 5.74) is 6.93. The van der Waals surface area contributed by atoms with Gasteiger partial charge in [-0.05, 0) is 30.4 Å². The number of amides is 1. The van der Waals surface area contributed by atoms with Crippen LogP contribution in [0.4, 0.5) is 0 Å². The minimum atomic E-state index is 0. The van der Waals surface area contributed by atoms with Crippen LogP contribution >= 0.6 is 28.3 Å². The van der Waals surface area contributed by atoms with Crippen molar-refractivity contribution in [3.05, 3.63) is 34.3 Å². The van der Waals surface area contributed by atoms with Gasteiger partial charge in [0.15, 0.2) is 0 Å². The predicted octanol–water partition coefficient (Wildman–Crippen LogP) is 2.27. The largest absolute Gasteiger partial charge is 0.354 e. The van der Waals surface area contributed by atoms with E-state index in [-0.39, 0.29) is 24.4 Å². The van der Waals surface area contributed by atoms with Gasteiger partial charge in [0, 0.05) is 17.1 Å². The SMILES string of the molecule is Cl.NC(CNC(=O)Cc1ccccc1Br)C1CC1. The first kappa shape index (κ1) is 15.5. The quantitative estimate of drug-likeness (QED) is 0.868. The maximum Gasteiger partial charge on any atom is 0.224 e. The molecule has 100 valence electrons. The molecule has 1 aromatic rings. The normalized spacial score (nSPS) is 15.7. The monoisotopic (exact) mass is 332 g/mol. The van der Waals surface area contributed by atoms with Crippen molar-refractivity contribution < 1.29 is 4.79 Å². The van der Waals surface area contributed by atoms with Crippen LogP contribution in [0.3, 0.4) is 0 Å². The lowest BCUT2D eigenvalue weighted by molar-refractivity contribution is -0.120. The smallest absolute Gasteiger partial charge is 0.224 e. The van der Waals surface area contributed by atoms with Gasteiger partial charge in [-0.15, -0.1) is 12.4 Å². The predicted molar refractivity (Wildman–Crippen MR) is 78.8 cm³/mol. The number of carbonyl (C=O) groups is 1. The van der Waals surface area contributed by atoms with E-state index < -0.39 is 0 Å². The highest BCUT2D eigenvalue weighted by atomic mass is 79.9. The molecule has 0 spiro atoms. The highest BCUT2D eigenvalue weighted by Crippen LogP contribution is 2.31. The van der Waals surface area contributed by atoms with Gasteiger partial charge in [0.2, 0.25) is 5.91 Å². The summed E-state index contributed by atoms with van der Waals surface area (Å²) in [6.07, 6.45) is 2.82. The van der Waals surface area contributed by atoms with Gasteiger partial charge >= 0.3 is 0 Å². The molecule has 1 aliphatic carbocycles. The van der Waals surface area contributed by atoms with Gasteiger partial charge in [-0.3, -0.25) is 4.79 Å². The highest BCUT2D eigenvalue weighted by Gasteiger charge is 2.28. The molecule has 1 atom stereocenters. The van der Waals surface area contributed by atoms with E-state index in [0.717, 1.165) is 10.0 Å². The number of nitrogens with one attached hydrogen (secondary N) is 1. The Hall–Kier alpha value is -0.580. The number of rotatable bonds is 5. The zero-order chi connectivity index (χ0) is 12.3. The third-order valence-corrected chi connectivity index (χ3v) is 3.84. The topological polar surface area (TPSA) is 55.1 Å². The maximum absolute atomic E-state index is 11.7. The van der Waals surface area contributed by atoms with E-state index in [0.29, 0.717) is 18.9 Å². The Morgan fingerprint density at radius 2 is 2.11 bits per heavy atom. The van der Waals surface area contributed by atoms with Crippen molar-refractivity contribution in [2.75, 3.05) is 6.54 Å². The van der Waals surface area contributed by atoms with Crippen LogP contribution in [0.1, 0.15) is 18.4 Å². The first-order chi connectivity index (χ1) is 8.16. The lowest BCUT2D eigenvalue weighted by Crippen LogP contribution is -2.39. The maximum atomic E-state index is 11.7. The molecule has 0 aromatic heterocycles. The molecule has 0 radical (unpaired) electrons. The number of benzene rings is 1. The van der Waals surface area contributed by atoms with Gasteiger partial charge in [-0.1, -0.05) is 34.1 Å². The summed E-state index contributed by atoms with van der Waals surface area (Å²) in [6, 6.07) is 7.89. The second-order valence-corrected chi connectivity index (χ2v) is 5.43. The summed E-state index contributed by atoms with van der Waals surface area (Å²) >= 11 is 3.43. The minimum Gasteiger partial charge on any atom is -0.354 e. The first-order valence-corrected chi connectivity index (χ1v) is 6.72. The molecule has 1 saturated carbocycles. The molecule has 1 unspecified atom stereocenters. The molecule has 1 aliphatic rings. The summed E-state index contributed by atoms with van der Waals surface area (Å²) in [6.45, 7) is 0.591. The Morgan fingerprint density at radius 3 is 2.72 bits per heavy atom. The number of carbonyl (C=O) groups excluding carboxylic acids is 1. The van der Waals surface area contributed by atoms with E-state index in [1.54, 1.807) is 0 Å². The van der Waals surface area contributed by atoms with Crippen molar-refractivity contribution in [1.82, 2.24) is 5.32 Å². The molecule has 1 fully saturated rings. The Labute approximate surface area is 122 Å². The zero-order valence-electron chi connectivity index (χ0n) is 10.1. The molecule has 2 rings (SSSR count). The van der Waals surface area contributed by atoms with Gasteiger partial charge < -0.3 is 11.1 Å². The molecular formula is C13H18BrClN2O. The summed E-state index contributed by atoms with van der Waals surface area (Å²) in [7, 11) is 0. The molecular weight excluding hydrogens is 316 g/mol. The molecule has 18 heavy (non-hydrogen) atoms. The molecule has 1 aromatic carbocycles. The first-order valence-electron chi connectivity index (χ1n) is 5.92. The summed E-state index contributed by atoms with van der Waals surface area (Å²) in [5, 5.41) is 2.89. The lowest BCUT2D eigenvalue weighted by atomic mass is 10.1. The Bertz CT molecular complexity index is 410. The zero-order valence-corrected chi connectivity index (χ0v) is 12.5. The molecule has 0 saturated heterocycles. The minimum absolute atomic E-state index is 0. The summed E-state index contributed by atoms with van der Waals surface area (Å²) in [5.74, 6) is 0.659. The fourth-order valence-corrected chi connectivity index (χ4v) is 2.22. The Balaban J connectivity index is 0.00000162. The molecule has 0 aliphatic heterocycles. The van der Waals surface area contributed by atoms with E-state index in [2.05, 4.69) is 21.2 Å². The average Bonchev–Trinajstić information content (AvgIpc) is 3.13. The summed E-state index contributed by atoms with van der Waals surface area (Å²) < 4.78 is 0.974. The fourth-order valence-electron chi connectivity index (χ4n) is 1.80. The molecule has 3 nitrogen and oxygen atoms in total. The van der Waals surface area contributed by atoms with Crippen molar-refractivity contribution in [2.24, 2.45) is 11.7 Å². The van der Waals surface area contributed by atoms with Crippen LogP contribution in [0.5, 0.6) is 0 Å². The van der Waals surface area contributed by atoms with Crippen molar-refractivity contribution in [2.45, 2.75) is 25.3 Å². The molecule has 0 heterocycles. The number of nitrogens with two attached hydrogens (primary N) is 1. The van der Waals surface area contributed by atoms with Crippen LogP contribution in [-0.4, -0.2) is 18.5 Å². The second kappa shape index (κ2) is 7.12. The van der Waals surface area contributed by atoms with Gasteiger partial charge in [-0.25, -0.2) is 0 Å². The van der Waals surface area contributed by atoms with Crippen LogP contribution in [0, 0.1) is 5.92 Å². The van der Waals surface area contributed by atoms with Crippen LogP contribution in [0.25, 0.3) is 0 Å². The van der Waals surface area contributed by atoms with E-state index in [9.17, 15) is 4.79 Å². The molecule has 0 bridgehead atoms. The van der Waals surface area contributed by atoms with E-state index >= 15 is 0 Å². The van der Waals surface area contributed by atoms with Crippen molar-refractivity contribution in [1.29, 1.82) is 0 Å². The standard InChI is InChI=1S/C13H17BrN2O.ClH/c14-11-4-2-1-3-10(11)7-13(17)16-8-12(15)9-5-6-9;/h1-4,9,12H,5-8,15H2,(H,16,17);1H. The van der Waals surface area contributed by atoms with Crippen molar-refractivity contribution in [3.8, 4) is 0 Å². The second-order valence-electron chi connectivity index (χ2n) is 4.57. The van der Waals surface area contributed by atoms with Gasteiger partial charge in [0.05, 0.1) is 6.42 Å². The van der Waals surface area contributed by atoms with E-state index in [1.807, 2.05) is 24.3 Å². The van der Waals surface area contributed by atoms with Crippen molar-refractivity contribution >= 4 is 34.2 Å². The average molecular weight is 334 g/mol. The molecule has 3 N–H and O–H groups in total. The van der Waals surface area contributed by atoms with Crippen LogP contribution < -0.4 is 11.1 Å². The van der Waals surface area contributed by atoms with Gasteiger partial charge in [-0.2, -0.15) is 0 Å². The highest BCUT2D eigenvalue weighted by molar-refractivity contribution is 9.10. The van der Waals surface area contributed by atoms with E-state index in [1.165, 1.54) is 12.8 Å². The number of hydrogen-bond acceptors (Lipinski definition) is 2. The molecule has 1 amide bonds. The van der Waals surface area contributed by atoms with Gasteiger partial charge in [0.1, 0.15) is 0 Å². The number of halogens is 2. The van der Waals surface area contributed by atoms with Crippen LogP contribution in [-0.2, 0) is 11.2 Å². The number of hydrogen-bond donors (Lipinski definition) is 2. The Kier molecular flexibility index (Phi) is 6.12. The lowest BCUT2D eigenvalue weighted by Gasteiger charge is -2.11. The summed E-state index contributed by atoms with van der Waals surface area (Å²) in [4.78, 5) is 11.7. The van der Waals surface area contributed by atoms with Crippen LogP contribution in [0.2, 0.25) is 0 Å². The van der Waals surface area contributed by atoms with E-state index in [4.69, 9.17) is 5.73 Å². The third-order valence-electron chi connectivity index (χ3n) is 3.07. The Morgan fingerprint density at radius 1 is 1.44 bits per heavy atom. The fraction of sp³-hybridized carbons (Fsp3) is 0.462.